The molecule has 0 spiro atoms. The van der Waals surface area contributed by atoms with Crippen LogP contribution in [0, 0.1) is 0 Å². The molecule has 0 aliphatic carbocycles. The van der Waals surface area contributed by atoms with Crippen LogP contribution in [-0.2, 0) is 0 Å². The van der Waals surface area contributed by atoms with Crippen LogP contribution in [0.4, 0.5) is 5.82 Å². The number of rotatable bonds is 3. The summed E-state index contributed by atoms with van der Waals surface area (Å²) in [6.45, 7) is 1.96. The number of aromatic nitrogens is 4. The standard InChI is InChI=1S/C10H9Cl2N5/c1-6(7-3-2-4-13-5-7)14-9-8(11)16-17-10(12)15-9/h2-6H,1H3,(H,14,15,17). The van der Waals surface area contributed by atoms with E-state index in [1.54, 1.807) is 12.4 Å². The molecule has 1 atom stereocenters. The first-order chi connectivity index (χ1) is 8.16. The van der Waals surface area contributed by atoms with Crippen molar-refractivity contribution in [2.24, 2.45) is 0 Å². The minimum atomic E-state index is -0.00559. The number of nitrogens with one attached hydrogen (secondary N) is 1. The molecule has 2 rings (SSSR count). The average Bonchev–Trinajstić information content (AvgIpc) is 2.35. The molecule has 0 bridgehead atoms. The summed E-state index contributed by atoms with van der Waals surface area (Å²) in [6, 6.07) is 3.81. The van der Waals surface area contributed by atoms with E-state index in [-0.39, 0.29) is 16.5 Å². The molecule has 0 amide bonds. The second-order valence-corrected chi connectivity index (χ2v) is 4.07. The van der Waals surface area contributed by atoms with Crippen molar-refractivity contribution in [2.75, 3.05) is 5.32 Å². The van der Waals surface area contributed by atoms with Gasteiger partial charge < -0.3 is 5.32 Å². The van der Waals surface area contributed by atoms with Gasteiger partial charge in [-0.25, -0.2) is 0 Å². The lowest BCUT2D eigenvalue weighted by Crippen LogP contribution is -2.09. The monoisotopic (exact) mass is 269 g/mol. The summed E-state index contributed by atoms with van der Waals surface area (Å²) >= 11 is 11.5. The van der Waals surface area contributed by atoms with Gasteiger partial charge in [0.25, 0.3) is 0 Å². The summed E-state index contributed by atoms with van der Waals surface area (Å²) in [4.78, 5) is 8.01. The topological polar surface area (TPSA) is 63.6 Å². The zero-order valence-corrected chi connectivity index (χ0v) is 10.4. The van der Waals surface area contributed by atoms with Crippen molar-refractivity contribution in [1.82, 2.24) is 20.2 Å². The van der Waals surface area contributed by atoms with Crippen LogP contribution in [0.25, 0.3) is 0 Å². The number of nitrogens with zero attached hydrogens (tertiary/aromatic N) is 4. The maximum atomic E-state index is 5.85. The molecule has 5 nitrogen and oxygen atoms in total. The van der Waals surface area contributed by atoms with Gasteiger partial charge in [-0.2, -0.15) is 4.98 Å². The number of anilines is 1. The van der Waals surface area contributed by atoms with Gasteiger partial charge in [-0.15, -0.1) is 10.2 Å². The lowest BCUT2D eigenvalue weighted by molar-refractivity contribution is 0.852. The molecule has 0 radical (unpaired) electrons. The minimum Gasteiger partial charge on any atom is -0.361 e. The van der Waals surface area contributed by atoms with Crippen molar-refractivity contribution in [3.05, 3.63) is 40.5 Å². The molecule has 1 unspecified atom stereocenters. The van der Waals surface area contributed by atoms with E-state index in [9.17, 15) is 0 Å². The van der Waals surface area contributed by atoms with E-state index in [1.807, 2.05) is 19.1 Å². The van der Waals surface area contributed by atoms with Crippen molar-refractivity contribution >= 4 is 29.0 Å². The fourth-order valence-electron chi connectivity index (χ4n) is 1.31. The number of pyridine rings is 1. The Kier molecular flexibility index (Phi) is 3.71. The molecule has 0 fully saturated rings. The Balaban J connectivity index is 2.18. The SMILES string of the molecule is CC(Nc1nc(Cl)nnc1Cl)c1cccnc1. The van der Waals surface area contributed by atoms with Crippen LogP contribution in [0.15, 0.2) is 24.5 Å². The van der Waals surface area contributed by atoms with Crippen LogP contribution in [-0.4, -0.2) is 20.2 Å². The van der Waals surface area contributed by atoms with Crippen molar-refractivity contribution in [1.29, 1.82) is 0 Å². The molecule has 88 valence electrons. The number of hydrogen-bond donors (Lipinski definition) is 1. The van der Waals surface area contributed by atoms with Gasteiger partial charge in [0.1, 0.15) is 0 Å². The highest BCUT2D eigenvalue weighted by atomic mass is 35.5. The summed E-state index contributed by atoms with van der Waals surface area (Å²) in [6.07, 6.45) is 3.48. The first-order valence-electron chi connectivity index (χ1n) is 4.89. The number of halogens is 2. The average molecular weight is 270 g/mol. The lowest BCUT2D eigenvalue weighted by Gasteiger charge is -2.14. The fourth-order valence-corrected chi connectivity index (χ4v) is 1.56. The molecule has 0 aliphatic rings. The third kappa shape index (κ3) is 3.01. The minimum absolute atomic E-state index is 0.00559. The molecular formula is C10H9Cl2N5. The third-order valence-corrected chi connectivity index (χ3v) is 2.57. The van der Waals surface area contributed by atoms with E-state index in [1.165, 1.54) is 0 Å². The Hall–Kier alpha value is -1.46. The van der Waals surface area contributed by atoms with Crippen molar-refractivity contribution in [3.8, 4) is 0 Å². The molecule has 17 heavy (non-hydrogen) atoms. The van der Waals surface area contributed by atoms with Gasteiger partial charge in [0, 0.05) is 12.4 Å². The van der Waals surface area contributed by atoms with Gasteiger partial charge in [-0.05, 0) is 30.2 Å². The van der Waals surface area contributed by atoms with Gasteiger partial charge >= 0.3 is 0 Å². The molecule has 2 aromatic rings. The van der Waals surface area contributed by atoms with Crippen LogP contribution >= 0.6 is 23.2 Å². The zero-order chi connectivity index (χ0) is 12.3. The summed E-state index contributed by atoms with van der Waals surface area (Å²) in [5, 5.41) is 10.5. The molecule has 2 aromatic heterocycles. The maximum Gasteiger partial charge on any atom is 0.245 e. The molecule has 0 saturated heterocycles. The van der Waals surface area contributed by atoms with Gasteiger partial charge in [-0.1, -0.05) is 17.7 Å². The van der Waals surface area contributed by atoms with E-state index in [0.29, 0.717) is 5.82 Å². The zero-order valence-electron chi connectivity index (χ0n) is 8.93. The second kappa shape index (κ2) is 5.25. The van der Waals surface area contributed by atoms with E-state index in [4.69, 9.17) is 23.2 Å². The van der Waals surface area contributed by atoms with Crippen LogP contribution in [0.1, 0.15) is 18.5 Å². The highest BCUT2D eigenvalue weighted by Crippen LogP contribution is 2.22. The van der Waals surface area contributed by atoms with Crippen molar-refractivity contribution in [3.63, 3.8) is 0 Å². The van der Waals surface area contributed by atoms with Crippen LogP contribution in [0.2, 0.25) is 10.4 Å². The van der Waals surface area contributed by atoms with Gasteiger partial charge in [0.15, 0.2) is 11.0 Å². The number of hydrogen-bond acceptors (Lipinski definition) is 5. The Bertz CT molecular complexity index is 505. The van der Waals surface area contributed by atoms with E-state index >= 15 is 0 Å². The van der Waals surface area contributed by atoms with Crippen LogP contribution < -0.4 is 5.32 Å². The van der Waals surface area contributed by atoms with E-state index < -0.39 is 0 Å². The Morgan fingerprint density at radius 1 is 1.29 bits per heavy atom. The Morgan fingerprint density at radius 3 is 2.82 bits per heavy atom. The van der Waals surface area contributed by atoms with E-state index in [2.05, 4.69) is 25.5 Å². The fraction of sp³-hybridized carbons (Fsp3) is 0.200. The van der Waals surface area contributed by atoms with Crippen LogP contribution in [0.5, 0.6) is 0 Å². The normalized spacial score (nSPS) is 12.2. The molecule has 2 heterocycles. The van der Waals surface area contributed by atoms with Crippen LogP contribution in [0.3, 0.4) is 0 Å². The second-order valence-electron chi connectivity index (χ2n) is 3.37. The third-order valence-electron chi connectivity index (χ3n) is 2.16. The van der Waals surface area contributed by atoms with Crippen molar-refractivity contribution < 1.29 is 0 Å². The largest absolute Gasteiger partial charge is 0.361 e. The molecule has 7 heteroatoms. The predicted octanol–water partition coefficient (Wildman–Crippen LogP) is 2.75. The molecule has 1 N–H and O–H groups in total. The van der Waals surface area contributed by atoms with Gasteiger partial charge in [0.2, 0.25) is 5.28 Å². The smallest absolute Gasteiger partial charge is 0.245 e. The first-order valence-corrected chi connectivity index (χ1v) is 5.64. The Morgan fingerprint density at radius 2 is 2.12 bits per heavy atom. The quantitative estimate of drug-likeness (QED) is 0.929. The highest BCUT2D eigenvalue weighted by molar-refractivity contribution is 6.32. The Labute approximate surface area is 108 Å². The van der Waals surface area contributed by atoms with Gasteiger partial charge in [0.05, 0.1) is 6.04 Å². The molecule has 0 aromatic carbocycles. The van der Waals surface area contributed by atoms with E-state index in [0.717, 1.165) is 5.56 Å². The predicted molar refractivity (Wildman–Crippen MR) is 66.1 cm³/mol. The molecule has 0 saturated carbocycles. The maximum absolute atomic E-state index is 5.85. The summed E-state index contributed by atoms with van der Waals surface area (Å²) in [5.41, 5.74) is 1.01. The summed E-state index contributed by atoms with van der Waals surface area (Å²) in [5.74, 6) is 0.406. The highest BCUT2D eigenvalue weighted by Gasteiger charge is 2.10. The lowest BCUT2D eigenvalue weighted by atomic mass is 10.1. The summed E-state index contributed by atoms with van der Waals surface area (Å²) in [7, 11) is 0. The van der Waals surface area contributed by atoms with Crippen molar-refractivity contribution in [2.45, 2.75) is 13.0 Å². The first kappa shape index (κ1) is 12.0. The van der Waals surface area contributed by atoms with Gasteiger partial charge in [-0.3, -0.25) is 4.98 Å². The molecular weight excluding hydrogens is 261 g/mol. The summed E-state index contributed by atoms with van der Waals surface area (Å²) < 4.78 is 0. The molecule has 0 aliphatic heterocycles.